The molecule has 0 amide bonds. The molecule has 0 bridgehead atoms. The molecular weight excluding hydrogens is 346 g/mol. The maximum Gasteiger partial charge on any atom is 0.296 e. The molecule has 12 heteroatoms. The van der Waals surface area contributed by atoms with Gasteiger partial charge in [-0.2, -0.15) is 0 Å². The molecule has 2 aromatic rings. The predicted octanol–water partition coefficient (Wildman–Crippen LogP) is 0.527. The van der Waals surface area contributed by atoms with Crippen LogP contribution in [0.2, 0.25) is 0 Å². The van der Waals surface area contributed by atoms with Crippen molar-refractivity contribution in [2.24, 2.45) is 5.16 Å². The lowest BCUT2D eigenvalue weighted by Gasteiger charge is -2.36. The van der Waals surface area contributed by atoms with Gasteiger partial charge in [-0.3, -0.25) is 10.1 Å². The van der Waals surface area contributed by atoms with E-state index in [4.69, 9.17) is 10.5 Å². The van der Waals surface area contributed by atoms with Crippen LogP contribution in [0.3, 0.4) is 0 Å². The normalized spacial score (nSPS) is 15.2. The van der Waals surface area contributed by atoms with Gasteiger partial charge in [0.2, 0.25) is 5.84 Å². The molecule has 3 rings (SSSR count). The van der Waals surface area contributed by atoms with Crippen molar-refractivity contribution in [1.29, 1.82) is 0 Å². The van der Waals surface area contributed by atoms with Gasteiger partial charge in [0.25, 0.3) is 5.69 Å². The maximum atomic E-state index is 11.4. The second-order valence-electron chi connectivity index (χ2n) is 5.51. The van der Waals surface area contributed by atoms with Gasteiger partial charge in [0.05, 0.1) is 18.1 Å². The third kappa shape index (κ3) is 3.16. The Balaban J connectivity index is 1.77. The maximum absolute atomic E-state index is 11.4. The molecule has 1 aromatic carbocycles. The van der Waals surface area contributed by atoms with Gasteiger partial charge in [-0.05, 0) is 22.4 Å². The zero-order valence-electron chi connectivity index (χ0n) is 13.9. The first-order chi connectivity index (χ1) is 12.5. The highest BCUT2D eigenvalue weighted by Gasteiger charge is 2.28. The first-order valence-corrected chi connectivity index (χ1v) is 7.68. The summed E-state index contributed by atoms with van der Waals surface area (Å²) in [5.41, 5.74) is 6.26. The average molecular weight is 363 g/mol. The van der Waals surface area contributed by atoms with Gasteiger partial charge < -0.3 is 25.5 Å². The van der Waals surface area contributed by atoms with Crippen molar-refractivity contribution in [2.75, 3.05) is 43.9 Å². The van der Waals surface area contributed by atoms with Crippen LogP contribution >= 0.6 is 0 Å². The number of nitro groups is 1. The number of anilines is 2. The number of nitro benzene ring substituents is 1. The van der Waals surface area contributed by atoms with Crippen LogP contribution in [0.1, 0.15) is 5.69 Å². The zero-order chi connectivity index (χ0) is 18.7. The summed E-state index contributed by atoms with van der Waals surface area (Å²) in [6, 6.07) is 4.73. The number of rotatable bonds is 4. The van der Waals surface area contributed by atoms with E-state index in [1.807, 2.05) is 4.90 Å². The number of piperazine rings is 1. The zero-order valence-corrected chi connectivity index (χ0v) is 13.9. The van der Waals surface area contributed by atoms with Gasteiger partial charge in [0, 0.05) is 26.2 Å². The Hall–Kier alpha value is -3.57. The minimum absolute atomic E-state index is 0.0195. The lowest BCUT2D eigenvalue weighted by atomic mass is 10.2. The molecule has 1 saturated heterocycles. The van der Waals surface area contributed by atoms with Crippen LogP contribution in [-0.2, 0) is 0 Å². The molecule has 1 aliphatic rings. The van der Waals surface area contributed by atoms with E-state index in [2.05, 4.69) is 20.1 Å². The predicted molar refractivity (Wildman–Crippen MR) is 90.5 cm³/mol. The molecular formula is C14H17N7O5. The molecule has 26 heavy (non-hydrogen) atoms. The van der Waals surface area contributed by atoms with Gasteiger partial charge in [-0.15, -0.1) is 0 Å². The molecule has 0 aliphatic carbocycles. The summed E-state index contributed by atoms with van der Waals surface area (Å²) in [6.45, 7) is 1.82. The monoisotopic (exact) mass is 363 g/mol. The fourth-order valence-electron chi connectivity index (χ4n) is 2.81. The van der Waals surface area contributed by atoms with E-state index in [0.29, 0.717) is 37.6 Å². The van der Waals surface area contributed by atoms with E-state index in [1.165, 1.54) is 13.2 Å². The highest BCUT2D eigenvalue weighted by atomic mass is 16.6. The molecule has 0 unspecified atom stereocenters. The van der Waals surface area contributed by atoms with Gasteiger partial charge >= 0.3 is 0 Å². The molecule has 1 fully saturated rings. The van der Waals surface area contributed by atoms with Crippen molar-refractivity contribution < 1.29 is 19.5 Å². The van der Waals surface area contributed by atoms with Crippen molar-refractivity contribution in [1.82, 2.24) is 15.2 Å². The van der Waals surface area contributed by atoms with E-state index in [9.17, 15) is 15.3 Å². The van der Waals surface area contributed by atoms with Gasteiger partial charge in [-0.25, -0.2) is 4.63 Å². The van der Waals surface area contributed by atoms with Gasteiger partial charge in [-0.1, -0.05) is 5.16 Å². The second kappa shape index (κ2) is 7.13. The minimum Gasteiger partial charge on any atom is -0.496 e. The Bertz CT molecular complexity index is 829. The Kier molecular flexibility index (Phi) is 4.73. The summed E-state index contributed by atoms with van der Waals surface area (Å²) in [7, 11) is 1.46. The molecule has 0 saturated carbocycles. The van der Waals surface area contributed by atoms with Gasteiger partial charge in [0.1, 0.15) is 11.4 Å². The Morgan fingerprint density at radius 3 is 2.65 bits per heavy atom. The van der Waals surface area contributed by atoms with Crippen LogP contribution < -0.4 is 15.4 Å². The molecule has 1 aliphatic heterocycles. The minimum atomic E-state index is -0.438. The lowest BCUT2D eigenvalue weighted by molar-refractivity contribution is -0.384. The van der Waals surface area contributed by atoms with Crippen molar-refractivity contribution >= 4 is 23.0 Å². The number of amidine groups is 1. The summed E-state index contributed by atoms with van der Waals surface area (Å²) in [4.78, 5) is 14.6. The van der Waals surface area contributed by atoms with Crippen molar-refractivity contribution in [3.05, 3.63) is 34.0 Å². The van der Waals surface area contributed by atoms with E-state index in [-0.39, 0.29) is 23.0 Å². The number of benzene rings is 1. The fourth-order valence-corrected chi connectivity index (χ4v) is 2.81. The summed E-state index contributed by atoms with van der Waals surface area (Å²) in [5, 5.41) is 31.0. The van der Waals surface area contributed by atoms with Crippen LogP contribution in [0.25, 0.3) is 0 Å². The SMILES string of the molecule is COc1ccc(N2CCN(C(=NO)c3nonc3N)CC2)c([N+](=O)[O-])c1. The Morgan fingerprint density at radius 2 is 2.12 bits per heavy atom. The summed E-state index contributed by atoms with van der Waals surface area (Å²) in [6.07, 6.45) is 0. The van der Waals surface area contributed by atoms with Gasteiger partial charge in [0.15, 0.2) is 11.5 Å². The first-order valence-electron chi connectivity index (χ1n) is 7.68. The molecule has 0 spiro atoms. The molecule has 2 heterocycles. The van der Waals surface area contributed by atoms with E-state index >= 15 is 0 Å². The first kappa shape index (κ1) is 17.3. The molecule has 0 radical (unpaired) electrons. The number of hydrogen-bond acceptors (Lipinski definition) is 10. The number of hydrogen-bond donors (Lipinski definition) is 2. The number of aromatic nitrogens is 2. The van der Waals surface area contributed by atoms with E-state index in [1.54, 1.807) is 17.0 Å². The summed E-state index contributed by atoms with van der Waals surface area (Å²) in [5.74, 6) is 0.585. The standard InChI is InChI=1S/C14H17N7O5/c1-25-9-2-3-10(11(8-9)21(23)24)19-4-6-20(7-5-19)14(16-22)12-13(15)18-26-17-12/h2-3,8,22H,4-7H2,1H3,(H2,15,18). The van der Waals surface area contributed by atoms with Crippen molar-refractivity contribution in [2.45, 2.75) is 0 Å². The molecule has 0 atom stereocenters. The van der Waals surface area contributed by atoms with Crippen molar-refractivity contribution in [3.63, 3.8) is 0 Å². The van der Waals surface area contributed by atoms with Crippen LogP contribution in [-0.4, -0.2) is 64.5 Å². The van der Waals surface area contributed by atoms with Crippen LogP contribution in [0.5, 0.6) is 5.75 Å². The number of oxime groups is 1. The third-order valence-corrected chi connectivity index (χ3v) is 4.12. The molecule has 1 aromatic heterocycles. The summed E-state index contributed by atoms with van der Waals surface area (Å²) < 4.78 is 9.59. The third-order valence-electron chi connectivity index (χ3n) is 4.12. The highest BCUT2D eigenvalue weighted by molar-refractivity contribution is 6.00. The van der Waals surface area contributed by atoms with E-state index < -0.39 is 4.92 Å². The highest BCUT2D eigenvalue weighted by Crippen LogP contribution is 2.32. The largest absolute Gasteiger partial charge is 0.496 e. The fraction of sp³-hybridized carbons (Fsp3) is 0.357. The number of nitrogens with zero attached hydrogens (tertiary/aromatic N) is 6. The lowest BCUT2D eigenvalue weighted by Crippen LogP contribution is -2.49. The topological polar surface area (TPSA) is 156 Å². The number of nitrogens with two attached hydrogens (primary N) is 1. The van der Waals surface area contributed by atoms with E-state index in [0.717, 1.165) is 0 Å². The van der Waals surface area contributed by atoms with Crippen LogP contribution in [0.4, 0.5) is 17.2 Å². The number of nitrogen functional groups attached to an aromatic ring is 1. The van der Waals surface area contributed by atoms with Crippen LogP contribution in [0.15, 0.2) is 28.0 Å². The number of ether oxygens (including phenoxy) is 1. The molecule has 3 N–H and O–H groups in total. The average Bonchev–Trinajstić information content (AvgIpc) is 3.08. The molecule has 12 nitrogen and oxygen atoms in total. The number of methoxy groups -OCH3 is 1. The second-order valence-corrected chi connectivity index (χ2v) is 5.51. The smallest absolute Gasteiger partial charge is 0.296 e. The van der Waals surface area contributed by atoms with Crippen LogP contribution in [0, 0.1) is 10.1 Å². The quantitative estimate of drug-likeness (QED) is 0.258. The Morgan fingerprint density at radius 1 is 1.38 bits per heavy atom. The van der Waals surface area contributed by atoms with Crippen molar-refractivity contribution in [3.8, 4) is 5.75 Å². The Labute approximate surface area is 147 Å². The molecule has 138 valence electrons. The summed E-state index contributed by atoms with van der Waals surface area (Å²) >= 11 is 0.